The zero-order valence-electron chi connectivity index (χ0n) is 21.7. The van der Waals surface area contributed by atoms with Crippen molar-refractivity contribution in [3.63, 3.8) is 0 Å². The van der Waals surface area contributed by atoms with E-state index < -0.39 is 12.2 Å². The number of hydrogen-bond donors (Lipinski definition) is 4. The van der Waals surface area contributed by atoms with E-state index in [1.807, 2.05) is 45.2 Å². The van der Waals surface area contributed by atoms with Gasteiger partial charge in [0, 0.05) is 6.20 Å². The molecule has 0 saturated carbocycles. The second kappa shape index (κ2) is 17.1. The number of nitrogens with one attached hydrogen (secondary N) is 1. The Balaban J connectivity index is 0.000000704. The van der Waals surface area contributed by atoms with Crippen molar-refractivity contribution in [1.82, 2.24) is 20.2 Å². The molecule has 0 aliphatic rings. The maximum atomic E-state index is 13.9. The number of nitrogens with two attached hydrogens (primary N) is 1. The van der Waals surface area contributed by atoms with E-state index in [0.717, 1.165) is 53.5 Å². The third-order valence-electron chi connectivity index (χ3n) is 4.78. The predicted octanol–water partition coefficient (Wildman–Crippen LogP) is 7.45. The molecule has 0 fully saturated rings. The Hall–Kier alpha value is -2.47. The number of halogens is 5. The summed E-state index contributed by atoms with van der Waals surface area (Å²) >= 11 is 9.16. The largest absolute Gasteiger partial charge is 0.403 e. The molecule has 0 amide bonds. The van der Waals surface area contributed by atoms with Crippen LogP contribution in [0.15, 0.2) is 36.8 Å². The lowest BCUT2D eigenvalue weighted by Crippen LogP contribution is -2.33. The molecule has 37 heavy (non-hydrogen) atoms. The van der Waals surface area contributed by atoms with E-state index in [4.69, 9.17) is 16.2 Å². The molecule has 2 aromatic heterocycles. The SMILES string of the molecule is CC(N)C(F)(F)F.CCC/C(=C(/Cl)c1cc(F)c(C)cc1C)c1ccc(C)cn1.Cc1ncn[nH]1.OS. The minimum atomic E-state index is -4.22. The number of alkyl halides is 3. The van der Waals surface area contributed by atoms with Crippen LogP contribution >= 0.6 is 24.5 Å². The van der Waals surface area contributed by atoms with Crippen LogP contribution in [0.2, 0.25) is 0 Å². The highest BCUT2D eigenvalue weighted by atomic mass is 35.5. The molecule has 3 aromatic rings. The Morgan fingerprint density at radius 3 is 2.08 bits per heavy atom. The third kappa shape index (κ3) is 12.6. The molecule has 1 atom stereocenters. The molecule has 6 nitrogen and oxygen atoms in total. The van der Waals surface area contributed by atoms with Gasteiger partial charge in [-0.3, -0.25) is 10.1 Å². The summed E-state index contributed by atoms with van der Waals surface area (Å²) in [6.07, 6.45) is 0.853. The van der Waals surface area contributed by atoms with Crippen LogP contribution in [-0.4, -0.2) is 36.9 Å². The first-order chi connectivity index (χ1) is 17.3. The number of nitrogens with zero attached hydrogens (tertiary/aromatic N) is 3. The molecule has 206 valence electrons. The number of pyridine rings is 1. The lowest BCUT2D eigenvalue weighted by molar-refractivity contribution is -0.143. The Bertz CT molecular complexity index is 1090. The Kier molecular flexibility index (Phi) is 16.0. The molecule has 3 rings (SSSR count). The molecule has 1 aromatic carbocycles. The zero-order chi connectivity index (χ0) is 28.8. The second-order valence-corrected chi connectivity index (χ2v) is 8.46. The van der Waals surface area contributed by atoms with Gasteiger partial charge in [-0.15, -0.1) is 0 Å². The van der Waals surface area contributed by atoms with Gasteiger partial charge in [0.15, 0.2) is 0 Å². The molecule has 0 bridgehead atoms. The minimum absolute atomic E-state index is 0.230. The fourth-order valence-electron chi connectivity index (χ4n) is 2.74. The van der Waals surface area contributed by atoms with Gasteiger partial charge in [-0.25, -0.2) is 9.37 Å². The van der Waals surface area contributed by atoms with Crippen LogP contribution in [0.5, 0.6) is 0 Å². The van der Waals surface area contributed by atoms with E-state index in [0.29, 0.717) is 10.6 Å². The Labute approximate surface area is 226 Å². The highest BCUT2D eigenvalue weighted by molar-refractivity contribution is 7.74. The van der Waals surface area contributed by atoms with Gasteiger partial charge in [-0.05, 0) is 93.9 Å². The number of aryl methyl sites for hydroxylation is 4. The van der Waals surface area contributed by atoms with Crippen LogP contribution in [0.3, 0.4) is 0 Å². The molecule has 0 aliphatic heterocycles. The van der Waals surface area contributed by atoms with E-state index in [1.165, 1.54) is 12.4 Å². The number of aromatic nitrogens is 4. The van der Waals surface area contributed by atoms with E-state index in [1.54, 1.807) is 6.92 Å². The first kappa shape index (κ1) is 34.5. The van der Waals surface area contributed by atoms with Gasteiger partial charge < -0.3 is 10.3 Å². The van der Waals surface area contributed by atoms with Gasteiger partial charge in [0.25, 0.3) is 0 Å². The molecule has 12 heteroatoms. The maximum Gasteiger partial charge on any atom is 0.403 e. The monoisotopic (exact) mass is 563 g/mol. The molecule has 1 unspecified atom stereocenters. The lowest BCUT2D eigenvalue weighted by atomic mass is 9.98. The lowest BCUT2D eigenvalue weighted by Gasteiger charge is -2.13. The minimum Gasteiger partial charge on any atom is -0.333 e. The number of hydrogen-bond acceptors (Lipinski definition) is 6. The molecule has 4 N–H and O–H groups in total. The first-order valence-electron chi connectivity index (χ1n) is 11.2. The van der Waals surface area contributed by atoms with Crippen molar-refractivity contribution in [2.24, 2.45) is 5.73 Å². The molecule has 0 saturated heterocycles. The molecule has 0 aliphatic carbocycles. The molecule has 0 spiro atoms. The van der Waals surface area contributed by atoms with Gasteiger partial charge in [0.1, 0.15) is 18.0 Å². The number of H-pyrrole nitrogens is 1. The number of rotatable bonds is 4. The van der Waals surface area contributed by atoms with Crippen LogP contribution < -0.4 is 5.73 Å². The normalized spacial score (nSPS) is 12.1. The summed E-state index contributed by atoms with van der Waals surface area (Å²) < 4.78 is 53.8. The van der Waals surface area contributed by atoms with Crippen molar-refractivity contribution >= 4 is 35.1 Å². The standard InChI is InChI=1S/C19H21ClFN.C3H6F3N.C3H5N3.H2OS/c1-5-6-15(18-8-7-12(2)11-22-18)19(20)16-10-17(21)14(4)9-13(16)3;1-2(7)3(4,5)6;1-3-4-2-5-6-3;1-2/h7-11H,5-6H2,1-4H3;2H,7H2,1H3;2H,1H3,(H,4,5,6);1-2H/b19-15-;;;. The predicted molar refractivity (Wildman–Crippen MR) is 145 cm³/mol. The number of aromatic amines is 1. The van der Waals surface area contributed by atoms with Gasteiger partial charge in [0.05, 0.1) is 16.8 Å². The van der Waals surface area contributed by atoms with E-state index in [-0.39, 0.29) is 5.82 Å². The number of allylic oxidation sites excluding steroid dienone is 1. The molecular formula is C25H34ClF4N5OS. The molecular weight excluding hydrogens is 530 g/mol. The van der Waals surface area contributed by atoms with Crippen LogP contribution in [0, 0.1) is 33.5 Å². The van der Waals surface area contributed by atoms with Gasteiger partial charge in [-0.1, -0.05) is 37.1 Å². The third-order valence-corrected chi connectivity index (χ3v) is 5.21. The van der Waals surface area contributed by atoms with Crippen LogP contribution in [0.25, 0.3) is 10.6 Å². The summed E-state index contributed by atoms with van der Waals surface area (Å²) in [5, 5.41) is 6.82. The Morgan fingerprint density at radius 1 is 1.11 bits per heavy atom. The average Bonchev–Trinajstić information content (AvgIpc) is 3.32. The number of benzene rings is 1. The Morgan fingerprint density at radius 2 is 1.70 bits per heavy atom. The quantitative estimate of drug-likeness (QED) is 0.150. The summed E-state index contributed by atoms with van der Waals surface area (Å²) in [5.74, 6) is 0.626. The van der Waals surface area contributed by atoms with Gasteiger partial charge >= 0.3 is 6.18 Å². The van der Waals surface area contributed by atoms with Crippen molar-refractivity contribution in [2.75, 3.05) is 0 Å². The average molecular weight is 564 g/mol. The number of thiol groups is 1. The summed E-state index contributed by atoms with van der Waals surface area (Å²) in [7, 11) is 0. The molecule has 0 radical (unpaired) electrons. The van der Waals surface area contributed by atoms with Crippen LogP contribution in [0.1, 0.15) is 60.5 Å². The zero-order valence-corrected chi connectivity index (χ0v) is 23.3. The van der Waals surface area contributed by atoms with E-state index in [2.05, 4.69) is 45.7 Å². The van der Waals surface area contributed by atoms with Crippen LogP contribution in [-0.2, 0) is 0 Å². The topological polar surface area (TPSA) is 101 Å². The fourth-order valence-corrected chi connectivity index (χ4v) is 3.13. The van der Waals surface area contributed by atoms with E-state index in [9.17, 15) is 17.6 Å². The van der Waals surface area contributed by atoms with Gasteiger partial charge in [0.2, 0.25) is 0 Å². The van der Waals surface area contributed by atoms with Crippen molar-refractivity contribution < 1.29 is 22.1 Å². The van der Waals surface area contributed by atoms with Crippen molar-refractivity contribution in [3.05, 3.63) is 76.4 Å². The van der Waals surface area contributed by atoms with Crippen LogP contribution in [0.4, 0.5) is 17.6 Å². The fraction of sp³-hybridized carbons (Fsp3) is 0.400. The summed E-state index contributed by atoms with van der Waals surface area (Å²) in [6.45, 7) is 10.6. The van der Waals surface area contributed by atoms with Gasteiger partial charge in [-0.2, -0.15) is 18.3 Å². The van der Waals surface area contributed by atoms with Crippen molar-refractivity contribution in [3.8, 4) is 0 Å². The highest BCUT2D eigenvalue weighted by Crippen LogP contribution is 2.34. The van der Waals surface area contributed by atoms with Crippen molar-refractivity contribution in [1.29, 1.82) is 0 Å². The van der Waals surface area contributed by atoms with E-state index >= 15 is 0 Å². The summed E-state index contributed by atoms with van der Waals surface area (Å²) in [4.78, 5) is 8.23. The summed E-state index contributed by atoms with van der Waals surface area (Å²) in [6, 6.07) is 5.65. The smallest absolute Gasteiger partial charge is 0.333 e. The first-order valence-corrected chi connectivity index (χ1v) is 12.0. The molecule has 2 heterocycles. The maximum absolute atomic E-state index is 13.9. The highest BCUT2D eigenvalue weighted by Gasteiger charge is 2.32. The second-order valence-electron chi connectivity index (χ2n) is 8.08. The van der Waals surface area contributed by atoms with Crippen molar-refractivity contribution in [2.45, 2.75) is 66.6 Å². The summed E-state index contributed by atoms with van der Waals surface area (Å²) in [5.41, 5.74) is 9.73.